The molecule has 0 aliphatic heterocycles. The molecule has 0 atom stereocenters. The molecule has 0 saturated carbocycles. The Morgan fingerprint density at radius 1 is 0.395 bits per heavy atom. The van der Waals surface area contributed by atoms with Crippen molar-refractivity contribution in [3.63, 3.8) is 0 Å². The molecule has 0 saturated heterocycles. The predicted octanol–water partition coefficient (Wildman–Crippen LogP) is 19.6. The van der Waals surface area contributed by atoms with Crippen LogP contribution in [0, 0.1) is 17.9 Å². The highest BCUT2D eigenvalue weighted by molar-refractivity contribution is 6.24. The molecule has 0 bridgehead atoms. The van der Waals surface area contributed by atoms with E-state index >= 15 is 0 Å². The van der Waals surface area contributed by atoms with Crippen LogP contribution in [0.15, 0.2) is 236 Å². The predicted molar refractivity (Wildman–Crippen MR) is 306 cm³/mol. The fourth-order valence-corrected chi connectivity index (χ4v) is 11.8. The van der Waals surface area contributed by atoms with Gasteiger partial charge in [0, 0.05) is 71.6 Å². The van der Waals surface area contributed by atoms with Crippen molar-refractivity contribution in [2.24, 2.45) is 0 Å². The van der Waals surface area contributed by atoms with Crippen molar-refractivity contribution >= 4 is 132 Å². The number of nitrogens with zero attached hydrogens (tertiary/aromatic N) is 4. The third kappa shape index (κ3) is 6.10. The summed E-state index contributed by atoms with van der Waals surface area (Å²) in [6.45, 7) is 8.90. The van der Waals surface area contributed by atoms with Crippen LogP contribution in [-0.4, -0.2) is 4.57 Å². The van der Waals surface area contributed by atoms with Crippen molar-refractivity contribution < 1.29 is 17.7 Å². The highest BCUT2D eigenvalue weighted by Gasteiger charge is 2.26. The van der Waals surface area contributed by atoms with Crippen LogP contribution >= 0.6 is 0 Å². The van der Waals surface area contributed by atoms with Gasteiger partial charge in [-0.15, -0.1) is 0 Å². The fourth-order valence-electron chi connectivity index (χ4n) is 11.8. The first kappa shape index (κ1) is 41.8. The Morgan fingerprint density at radius 3 is 1.50 bits per heavy atom. The lowest BCUT2D eigenvalue weighted by Gasteiger charge is -2.28. The second-order valence-corrected chi connectivity index (χ2v) is 19.4. The van der Waals surface area contributed by atoms with Gasteiger partial charge >= 0.3 is 0 Å². The molecule has 0 amide bonds. The van der Waals surface area contributed by atoms with E-state index in [-0.39, 0.29) is 0 Å². The van der Waals surface area contributed by atoms with Crippen LogP contribution in [0.2, 0.25) is 0 Å². The van der Waals surface area contributed by atoms with Gasteiger partial charge in [-0.05, 0) is 131 Å². The van der Waals surface area contributed by atoms with Gasteiger partial charge in [0.2, 0.25) is 5.69 Å². The molecule has 0 aliphatic carbocycles. The number of nitriles is 1. The third-order valence-corrected chi connectivity index (χ3v) is 15.2. The Bertz CT molecular complexity index is 5190. The molecule has 0 spiro atoms. The number of rotatable bonds is 6. The molecule has 352 valence electrons. The van der Waals surface area contributed by atoms with Gasteiger partial charge in [0.05, 0.1) is 34.2 Å². The molecule has 0 radical (unpaired) electrons. The van der Waals surface area contributed by atoms with E-state index in [0.29, 0.717) is 28.2 Å². The third-order valence-electron chi connectivity index (χ3n) is 15.2. The van der Waals surface area contributed by atoms with Crippen LogP contribution in [-0.2, 0) is 0 Å². The van der Waals surface area contributed by atoms with Crippen molar-refractivity contribution in [3.05, 3.63) is 235 Å². The van der Waals surface area contributed by atoms with Crippen LogP contribution < -0.4 is 4.90 Å². The minimum Gasteiger partial charge on any atom is -0.456 e. The molecule has 11 aromatic carbocycles. The lowest BCUT2D eigenvalue weighted by atomic mass is 10.00. The molecule has 16 aromatic rings. The fraction of sp³-hybridized carbons (Fsp3) is 0. The Morgan fingerprint density at radius 2 is 0.868 bits per heavy atom. The largest absolute Gasteiger partial charge is 0.456 e. The van der Waals surface area contributed by atoms with Gasteiger partial charge in [0.1, 0.15) is 50.7 Å². The number of para-hydroxylation sites is 4. The van der Waals surface area contributed by atoms with E-state index in [0.717, 1.165) is 138 Å². The molecule has 5 heterocycles. The van der Waals surface area contributed by atoms with Crippen molar-refractivity contribution in [1.29, 1.82) is 5.26 Å². The summed E-state index contributed by atoms with van der Waals surface area (Å²) in [6, 6.07) is 76.4. The number of aromatic nitrogens is 1. The Balaban J connectivity index is 0.894. The van der Waals surface area contributed by atoms with Gasteiger partial charge in [-0.3, -0.25) is 0 Å². The lowest BCUT2D eigenvalue weighted by molar-refractivity contribution is 0.668. The molecule has 0 fully saturated rings. The molecule has 16 rings (SSSR count). The minimum atomic E-state index is 0.303. The summed E-state index contributed by atoms with van der Waals surface area (Å²) in [5.41, 5.74) is 15.6. The van der Waals surface area contributed by atoms with Crippen LogP contribution in [0.3, 0.4) is 0 Å². The smallest absolute Gasteiger partial charge is 0.214 e. The van der Waals surface area contributed by atoms with E-state index in [1.165, 1.54) is 0 Å². The average molecular weight is 973 g/mol. The van der Waals surface area contributed by atoms with Gasteiger partial charge in [0.25, 0.3) is 0 Å². The van der Waals surface area contributed by atoms with Crippen LogP contribution in [0.25, 0.3) is 142 Å². The first-order valence-electron chi connectivity index (χ1n) is 25.0. The van der Waals surface area contributed by atoms with Crippen LogP contribution in [0.1, 0.15) is 5.56 Å². The van der Waals surface area contributed by atoms with E-state index in [1.54, 1.807) is 0 Å². The lowest BCUT2D eigenvalue weighted by Crippen LogP contribution is -2.12. The standard InChI is InChI=1S/C68H36N4O4/c1-70-56-36-46(72-57-28-20-41(42-22-31-64-54(34-42)50-13-5-8-16-61(50)74-64)35-55(57)66-58(72)29-27-52-48-11-3-9-17-62(48)76-68(52)66)32-43(38-69)67(56)71(45-25-26-51-47-10-2-6-14-59(47)75-65(51)37-45)44-23-18-39(19-24-44)40-21-30-63-53(33-40)49-12-4-7-15-60(49)73-63/h2-37H. The molecule has 8 heteroatoms. The summed E-state index contributed by atoms with van der Waals surface area (Å²) in [4.78, 5) is 6.26. The Labute approximate surface area is 432 Å². The molecule has 0 unspecified atom stereocenters. The van der Waals surface area contributed by atoms with E-state index in [4.69, 9.17) is 24.2 Å². The van der Waals surface area contributed by atoms with Crippen molar-refractivity contribution in [3.8, 4) is 34.0 Å². The highest BCUT2D eigenvalue weighted by atomic mass is 16.3. The van der Waals surface area contributed by atoms with E-state index < -0.39 is 0 Å². The zero-order chi connectivity index (χ0) is 50.2. The minimum absolute atomic E-state index is 0.303. The monoisotopic (exact) mass is 972 g/mol. The van der Waals surface area contributed by atoms with Crippen LogP contribution in [0.5, 0.6) is 0 Å². The Hall–Kier alpha value is -10.8. The number of hydrogen-bond donors (Lipinski definition) is 0. The Kier molecular flexibility index (Phi) is 8.71. The highest BCUT2D eigenvalue weighted by Crippen LogP contribution is 2.48. The maximum atomic E-state index is 11.4. The van der Waals surface area contributed by atoms with Gasteiger partial charge in [-0.25, -0.2) is 4.85 Å². The van der Waals surface area contributed by atoms with Crippen LogP contribution in [0.4, 0.5) is 22.7 Å². The number of anilines is 3. The van der Waals surface area contributed by atoms with Gasteiger partial charge in [-0.2, -0.15) is 5.26 Å². The van der Waals surface area contributed by atoms with Gasteiger partial charge < -0.3 is 27.1 Å². The zero-order valence-electron chi connectivity index (χ0n) is 40.2. The number of fused-ring (bicyclic) bond motifs is 16. The summed E-state index contributed by atoms with van der Waals surface area (Å²) >= 11 is 0. The van der Waals surface area contributed by atoms with Crippen molar-refractivity contribution in [2.45, 2.75) is 0 Å². The molecule has 5 aromatic heterocycles. The van der Waals surface area contributed by atoms with E-state index in [9.17, 15) is 5.26 Å². The summed E-state index contributed by atoms with van der Waals surface area (Å²) in [5, 5.41) is 21.6. The maximum Gasteiger partial charge on any atom is 0.214 e. The first-order valence-corrected chi connectivity index (χ1v) is 25.0. The molecule has 0 N–H and O–H groups in total. The second-order valence-electron chi connectivity index (χ2n) is 19.4. The summed E-state index contributed by atoms with van der Waals surface area (Å²) in [5.74, 6) is 0. The molecular weight excluding hydrogens is 937 g/mol. The number of benzene rings is 11. The normalized spacial score (nSPS) is 11.9. The topological polar surface area (TPSA) is 88.9 Å². The summed E-state index contributed by atoms with van der Waals surface area (Å²) in [6.07, 6.45) is 0. The maximum absolute atomic E-state index is 11.4. The number of hydrogen-bond acceptors (Lipinski definition) is 6. The summed E-state index contributed by atoms with van der Waals surface area (Å²) in [7, 11) is 0. The molecule has 0 aliphatic rings. The SMILES string of the molecule is [C-]#[N+]c1cc(-n2c3ccc(-c4ccc5oc6ccccc6c5c4)cc3c3c4oc5ccccc5c4ccc32)cc(C#N)c1N(c1ccc(-c2ccc3oc4ccccc4c3c2)cc1)c1ccc2c(c1)oc1ccccc12. The van der Waals surface area contributed by atoms with E-state index in [2.05, 4.69) is 125 Å². The van der Waals surface area contributed by atoms with Gasteiger partial charge in [0.15, 0.2) is 0 Å². The summed E-state index contributed by atoms with van der Waals surface area (Å²) < 4.78 is 27.8. The molecule has 76 heavy (non-hydrogen) atoms. The number of furan rings is 4. The quantitative estimate of drug-likeness (QED) is 0.154. The van der Waals surface area contributed by atoms with Gasteiger partial charge in [-0.1, -0.05) is 103 Å². The average Bonchev–Trinajstić information content (AvgIpc) is 4.39. The second kappa shape index (κ2) is 15.8. The van der Waals surface area contributed by atoms with Crippen molar-refractivity contribution in [2.75, 3.05) is 4.90 Å². The first-order chi connectivity index (χ1) is 37.5. The zero-order valence-corrected chi connectivity index (χ0v) is 40.2. The van der Waals surface area contributed by atoms with Crippen molar-refractivity contribution in [1.82, 2.24) is 4.57 Å². The van der Waals surface area contributed by atoms with E-state index in [1.807, 2.05) is 114 Å². The molecular formula is C68H36N4O4. The molecule has 8 nitrogen and oxygen atoms in total.